The largest absolute Gasteiger partial charge is 0.490 e. The van der Waals surface area contributed by atoms with Crippen molar-refractivity contribution in [2.24, 2.45) is 0 Å². The lowest BCUT2D eigenvalue weighted by Crippen LogP contribution is -2.26. The van der Waals surface area contributed by atoms with Crippen LogP contribution in [0.15, 0.2) is 84.9 Å². The van der Waals surface area contributed by atoms with Gasteiger partial charge in [-0.1, -0.05) is 54.6 Å². The lowest BCUT2D eigenvalue weighted by Gasteiger charge is -2.13. The van der Waals surface area contributed by atoms with Crippen molar-refractivity contribution in [1.29, 1.82) is 0 Å². The molecule has 0 amide bonds. The van der Waals surface area contributed by atoms with Gasteiger partial charge in [-0.3, -0.25) is 0 Å². The van der Waals surface area contributed by atoms with Gasteiger partial charge in [-0.25, -0.2) is 9.18 Å². The minimum Gasteiger partial charge on any atom is -0.490 e. The second-order valence-corrected chi connectivity index (χ2v) is 6.93. The van der Waals surface area contributed by atoms with Crippen LogP contribution in [-0.2, 0) is 16.0 Å². The summed E-state index contributed by atoms with van der Waals surface area (Å²) in [6, 6.07) is 23.6. The number of hydrogen-bond donors (Lipinski definition) is 1. The maximum atomic E-state index is 13.3. The smallest absolute Gasteiger partial charge is 0.333 e. The van der Waals surface area contributed by atoms with Crippen LogP contribution in [0.25, 0.3) is 5.57 Å². The van der Waals surface area contributed by atoms with Gasteiger partial charge >= 0.3 is 5.97 Å². The Morgan fingerprint density at radius 1 is 0.968 bits per heavy atom. The topological polar surface area (TPSA) is 55.8 Å². The molecule has 0 bridgehead atoms. The predicted molar refractivity (Wildman–Crippen MR) is 119 cm³/mol. The molecule has 3 aromatic rings. The Kier molecular flexibility index (Phi) is 7.96. The molecule has 0 aliphatic rings. The Morgan fingerprint density at radius 3 is 2.23 bits per heavy atom. The van der Waals surface area contributed by atoms with E-state index in [2.05, 4.69) is 0 Å². The van der Waals surface area contributed by atoms with Crippen molar-refractivity contribution in [3.05, 3.63) is 107 Å². The Labute approximate surface area is 181 Å². The Hall–Kier alpha value is -3.44. The highest BCUT2D eigenvalue weighted by Gasteiger charge is 2.17. The highest BCUT2D eigenvalue weighted by molar-refractivity contribution is 5.79. The van der Waals surface area contributed by atoms with E-state index in [0.717, 1.165) is 22.3 Å². The van der Waals surface area contributed by atoms with E-state index < -0.39 is 12.1 Å². The number of carbonyl (C=O) groups is 1. The normalized spacial score (nSPS) is 12.4. The van der Waals surface area contributed by atoms with E-state index in [9.17, 15) is 14.3 Å². The molecule has 0 saturated carbocycles. The summed E-state index contributed by atoms with van der Waals surface area (Å²) in [7, 11) is 0. The average Bonchev–Trinajstić information content (AvgIpc) is 2.79. The number of benzene rings is 3. The van der Waals surface area contributed by atoms with Crippen LogP contribution in [0.3, 0.4) is 0 Å². The monoisotopic (exact) mass is 420 g/mol. The molecule has 160 valence electrons. The number of carboxylic acid groups (broad SMARTS) is 1. The van der Waals surface area contributed by atoms with E-state index in [-0.39, 0.29) is 5.82 Å². The third-order valence-corrected chi connectivity index (χ3v) is 4.77. The fourth-order valence-corrected chi connectivity index (χ4v) is 3.23. The summed E-state index contributed by atoms with van der Waals surface area (Å²) < 4.78 is 24.5. The Balaban J connectivity index is 1.69. The minimum absolute atomic E-state index is 0.276. The first kappa shape index (κ1) is 22.2. The molecule has 5 heteroatoms. The quantitative estimate of drug-likeness (QED) is 0.479. The van der Waals surface area contributed by atoms with E-state index in [1.165, 1.54) is 12.1 Å². The minimum atomic E-state index is -0.971. The van der Waals surface area contributed by atoms with E-state index in [1.54, 1.807) is 19.1 Å². The van der Waals surface area contributed by atoms with E-state index >= 15 is 0 Å². The van der Waals surface area contributed by atoms with Crippen molar-refractivity contribution in [3.8, 4) is 5.75 Å². The number of rotatable bonds is 10. The molecular formula is C26H25FO4. The van der Waals surface area contributed by atoms with Crippen molar-refractivity contribution >= 4 is 11.5 Å². The van der Waals surface area contributed by atoms with Crippen LogP contribution in [0.4, 0.5) is 4.39 Å². The van der Waals surface area contributed by atoms with Gasteiger partial charge < -0.3 is 14.6 Å². The van der Waals surface area contributed by atoms with E-state index in [4.69, 9.17) is 9.47 Å². The molecule has 0 radical (unpaired) electrons. The van der Waals surface area contributed by atoms with Gasteiger partial charge in [0.05, 0.1) is 0 Å². The molecular weight excluding hydrogens is 395 g/mol. The zero-order chi connectivity index (χ0) is 22.1. The van der Waals surface area contributed by atoms with Crippen LogP contribution in [0.1, 0.15) is 23.6 Å². The molecule has 0 aromatic heterocycles. The molecule has 0 spiro atoms. The van der Waals surface area contributed by atoms with Gasteiger partial charge in [-0.05, 0) is 59.5 Å². The molecule has 1 N–H and O–H groups in total. The Morgan fingerprint density at radius 2 is 1.61 bits per heavy atom. The van der Waals surface area contributed by atoms with Gasteiger partial charge in [-0.2, -0.15) is 0 Å². The molecule has 3 rings (SSSR count). The molecule has 0 aliphatic carbocycles. The standard InChI is InChI=1S/C26H25FO4/c1-2-30-25(26(28)29)18-19-8-14-23(15-9-19)31-17-16-24(20-6-4-3-5-7-20)21-10-12-22(27)13-11-21/h3-16,25H,2,17-18H2,1H3,(H,28,29)/b24-16+/t25-/m0/s1. The summed E-state index contributed by atoms with van der Waals surface area (Å²) in [4.78, 5) is 11.2. The number of ether oxygens (including phenoxy) is 2. The maximum absolute atomic E-state index is 13.3. The van der Waals surface area contributed by atoms with Crippen LogP contribution >= 0.6 is 0 Å². The highest BCUT2D eigenvalue weighted by Crippen LogP contribution is 2.24. The Bertz CT molecular complexity index is 996. The number of carboxylic acids is 1. The van der Waals surface area contributed by atoms with Gasteiger partial charge in [0.2, 0.25) is 0 Å². The summed E-state index contributed by atoms with van der Waals surface area (Å²) in [5.41, 5.74) is 3.74. The third kappa shape index (κ3) is 6.52. The summed E-state index contributed by atoms with van der Waals surface area (Å²) in [5, 5.41) is 9.21. The zero-order valence-electron chi connectivity index (χ0n) is 17.3. The molecule has 1 atom stereocenters. The number of halogens is 1. The number of aliphatic carboxylic acids is 1. The molecule has 3 aromatic carbocycles. The van der Waals surface area contributed by atoms with Crippen LogP contribution < -0.4 is 4.74 Å². The zero-order valence-corrected chi connectivity index (χ0v) is 17.3. The molecule has 0 saturated heterocycles. The van der Waals surface area contributed by atoms with Gasteiger partial charge in [0, 0.05) is 13.0 Å². The van der Waals surface area contributed by atoms with Gasteiger partial charge in [0.15, 0.2) is 6.10 Å². The van der Waals surface area contributed by atoms with Crippen LogP contribution in [0.5, 0.6) is 5.75 Å². The predicted octanol–water partition coefficient (Wildman–Crippen LogP) is 5.37. The maximum Gasteiger partial charge on any atom is 0.333 e. The SMILES string of the molecule is CCO[C@@H](Cc1ccc(OC/C=C(\c2ccccc2)c2ccc(F)cc2)cc1)C(=O)O. The van der Waals surface area contributed by atoms with Gasteiger partial charge in [0.1, 0.15) is 18.2 Å². The lowest BCUT2D eigenvalue weighted by atomic mass is 9.98. The second-order valence-electron chi connectivity index (χ2n) is 6.93. The van der Waals surface area contributed by atoms with Crippen molar-refractivity contribution in [2.75, 3.05) is 13.2 Å². The summed E-state index contributed by atoms with van der Waals surface area (Å²) in [6.07, 6.45) is 1.40. The molecule has 0 unspecified atom stereocenters. The first-order chi connectivity index (χ1) is 15.1. The van der Waals surface area contributed by atoms with Gasteiger partial charge in [0.25, 0.3) is 0 Å². The summed E-state index contributed by atoms with van der Waals surface area (Å²) in [5.74, 6) is -0.571. The van der Waals surface area contributed by atoms with Crippen molar-refractivity contribution < 1.29 is 23.8 Å². The van der Waals surface area contributed by atoms with Crippen LogP contribution in [0, 0.1) is 5.82 Å². The summed E-state index contributed by atoms with van der Waals surface area (Å²) >= 11 is 0. The molecule has 0 heterocycles. The average molecular weight is 420 g/mol. The highest BCUT2D eigenvalue weighted by atomic mass is 19.1. The van der Waals surface area contributed by atoms with E-state index in [0.29, 0.717) is 25.4 Å². The lowest BCUT2D eigenvalue weighted by molar-refractivity contribution is -0.149. The second kappa shape index (κ2) is 11.1. The van der Waals surface area contributed by atoms with Crippen LogP contribution in [0.2, 0.25) is 0 Å². The molecule has 0 fully saturated rings. The molecule has 0 aliphatic heterocycles. The number of hydrogen-bond acceptors (Lipinski definition) is 3. The molecule has 31 heavy (non-hydrogen) atoms. The fourth-order valence-electron chi connectivity index (χ4n) is 3.23. The first-order valence-electron chi connectivity index (χ1n) is 10.1. The third-order valence-electron chi connectivity index (χ3n) is 4.77. The van der Waals surface area contributed by atoms with E-state index in [1.807, 2.05) is 60.7 Å². The fraction of sp³-hybridized carbons (Fsp3) is 0.192. The van der Waals surface area contributed by atoms with Crippen molar-refractivity contribution in [1.82, 2.24) is 0 Å². The first-order valence-corrected chi connectivity index (χ1v) is 10.1. The van der Waals surface area contributed by atoms with Crippen molar-refractivity contribution in [3.63, 3.8) is 0 Å². The molecule has 4 nitrogen and oxygen atoms in total. The van der Waals surface area contributed by atoms with Crippen molar-refractivity contribution in [2.45, 2.75) is 19.4 Å². The van der Waals surface area contributed by atoms with Crippen LogP contribution in [-0.4, -0.2) is 30.4 Å². The van der Waals surface area contributed by atoms with Gasteiger partial charge in [-0.15, -0.1) is 0 Å². The summed E-state index contributed by atoms with van der Waals surface area (Å²) in [6.45, 7) is 2.45.